The molecule has 2 aromatic carbocycles. The van der Waals surface area contributed by atoms with E-state index in [1.807, 2.05) is 0 Å². The van der Waals surface area contributed by atoms with Crippen molar-refractivity contribution in [1.29, 1.82) is 0 Å². The summed E-state index contributed by atoms with van der Waals surface area (Å²) in [7, 11) is 0. The quantitative estimate of drug-likeness (QED) is 0.133. The highest BCUT2D eigenvalue weighted by Crippen LogP contribution is 2.44. The third-order valence-corrected chi connectivity index (χ3v) is 13.6. The summed E-state index contributed by atoms with van der Waals surface area (Å²) in [6, 6.07) is 24.0. The number of nitrogens with zero attached hydrogens (tertiary/aromatic N) is 8. The van der Waals surface area contributed by atoms with E-state index >= 15 is 0 Å². The molecular weight excluding hydrogens is 697 g/mol. The number of aryl methyl sites for hydroxylation is 2. The minimum absolute atomic E-state index is 0.0795. The van der Waals surface area contributed by atoms with Crippen LogP contribution in [0.3, 0.4) is 0 Å². The largest absolute Gasteiger partial charge is 0.331 e. The average Bonchev–Trinajstić information content (AvgIpc) is 3.91. The number of piperidine rings is 2. The van der Waals surface area contributed by atoms with Crippen molar-refractivity contribution in [3.05, 3.63) is 95.1 Å². The first-order valence-electron chi connectivity index (χ1n) is 21.7. The van der Waals surface area contributed by atoms with Gasteiger partial charge in [0.05, 0.1) is 12.1 Å². The summed E-state index contributed by atoms with van der Waals surface area (Å²) in [5.74, 6) is 5.02. The SMILES string of the molecule is Cc1nnc(C(C)C)n1C1CC2CCC(C1)N2CC[C@H](NC(=O)N[C@H](CCN1C2CCC1CC(n1c(C)nnc1C(C)C)C2)c1ccccc1)c1ccccc1. The van der Waals surface area contributed by atoms with Crippen LogP contribution in [0.15, 0.2) is 60.7 Å². The Labute approximate surface area is 334 Å². The van der Waals surface area contributed by atoms with Crippen molar-refractivity contribution >= 4 is 6.03 Å². The normalized spacial score (nSPS) is 26.2. The van der Waals surface area contributed by atoms with Crippen molar-refractivity contribution in [2.45, 2.75) is 166 Å². The molecule has 2 N–H and O–H groups in total. The van der Waals surface area contributed by atoms with Gasteiger partial charge in [0.2, 0.25) is 0 Å². The van der Waals surface area contributed by atoms with Gasteiger partial charge in [-0.3, -0.25) is 9.80 Å². The molecule has 4 aliphatic heterocycles. The summed E-state index contributed by atoms with van der Waals surface area (Å²) in [4.78, 5) is 19.6. The second kappa shape index (κ2) is 16.8. The molecule has 6 heterocycles. The molecule has 0 aliphatic carbocycles. The molecule has 4 bridgehead atoms. The van der Waals surface area contributed by atoms with Crippen LogP contribution in [0.1, 0.15) is 162 Å². The number of nitrogens with one attached hydrogen (secondary N) is 2. The van der Waals surface area contributed by atoms with E-state index in [1.165, 1.54) is 25.7 Å². The zero-order valence-electron chi connectivity index (χ0n) is 34.5. The Kier molecular flexibility index (Phi) is 11.6. The maximum Gasteiger partial charge on any atom is 0.315 e. The Morgan fingerprint density at radius 1 is 0.571 bits per heavy atom. The van der Waals surface area contributed by atoms with Crippen LogP contribution >= 0.6 is 0 Å². The topological polar surface area (TPSA) is 109 Å². The van der Waals surface area contributed by atoms with Gasteiger partial charge in [0.25, 0.3) is 0 Å². The molecule has 0 radical (unpaired) electrons. The molecule has 8 rings (SSSR count). The zero-order valence-corrected chi connectivity index (χ0v) is 34.5. The van der Waals surface area contributed by atoms with E-state index in [1.54, 1.807) is 0 Å². The van der Waals surface area contributed by atoms with Gasteiger partial charge in [-0.25, -0.2) is 4.79 Å². The minimum Gasteiger partial charge on any atom is -0.331 e. The number of amides is 2. The first kappa shape index (κ1) is 38.8. The number of carbonyl (C=O) groups excluding carboxylic acids is 1. The maximum absolute atomic E-state index is 14.1. The van der Waals surface area contributed by atoms with Crippen LogP contribution in [0.4, 0.5) is 4.79 Å². The van der Waals surface area contributed by atoms with E-state index in [4.69, 9.17) is 0 Å². The molecule has 300 valence electrons. The fourth-order valence-electron chi connectivity index (χ4n) is 11.0. The third-order valence-electron chi connectivity index (χ3n) is 13.6. The predicted octanol–water partition coefficient (Wildman–Crippen LogP) is 8.33. The first-order valence-corrected chi connectivity index (χ1v) is 21.7. The van der Waals surface area contributed by atoms with E-state index in [9.17, 15) is 4.79 Å². The minimum atomic E-state index is -0.0929. The summed E-state index contributed by atoms with van der Waals surface area (Å²) >= 11 is 0. The highest BCUT2D eigenvalue weighted by molar-refractivity contribution is 5.75. The summed E-state index contributed by atoms with van der Waals surface area (Å²) in [6.45, 7) is 15.0. The van der Waals surface area contributed by atoms with Crippen LogP contribution in [0.5, 0.6) is 0 Å². The fourth-order valence-corrected chi connectivity index (χ4v) is 11.0. The Morgan fingerprint density at radius 2 is 0.929 bits per heavy atom. The summed E-state index contributed by atoms with van der Waals surface area (Å²) in [5.41, 5.74) is 2.32. The Hall–Kier alpha value is -4.09. The standard InChI is InChI=1S/C45H64N10O/c1-29(2)43-50-48-31(5)54(43)39-25-35-17-18-36(26-39)52(35)23-21-41(33-13-9-7-10-14-33)46-45(56)47-42(34-15-11-8-12-16-34)22-24-53-37-19-20-38(53)28-40(27-37)55-32(6)49-51-44(55)30(3)4/h7-16,29-30,35-42H,17-28H2,1-6H3,(H2,46,47,56)/t35?,36?,37?,38?,39?,40?,41-,42+. The second-order valence-corrected chi connectivity index (χ2v) is 17.9. The number of urea groups is 1. The fraction of sp³-hybridized carbons (Fsp3) is 0.622. The number of aromatic nitrogens is 6. The molecule has 11 heteroatoms. The number of hydrogen-bond donors (Lipinski definition) is 2. The van der Waals surface area contributed by atoms with E-state index in [2.05, 4.69) is 152 Å². The van der Waals surface area contributed by atoms with Gasteiger partial charge >= 0.3 is 6.03 Å². The van der Waals surface area contributed by atoms with Gasteiger partial charge < -0.3 is 19.8 Å². The van der Waals surface area contributed by atoms with Crippen molar-refractivity contribution < 1.29 is 4.79 Å². The second-order valence-electron chi connectivity index (χ2n) is 17.9. The Morgan fingerprint density at radius 3 is 1.27 bits per heavy atom. The molecule has 4 saturated heterocycles. The lowest BCUT2D eigenvalue weighted by atomic mass is 9.95. The predicted molar refractivity (Wildman–Crippen MR) is 221 cm³/mol. The van der Waals surface area contributed by atoms with Crippen LogP contribution in [-0.4, -0.2) is 82.6 Å². The van der Waals surface area contributed by atoms with Gasteiger partial charge in [0.1, 0.15) is 23.3 Å². The Balaban J connectivity index is 0.916. The molecule has 0 saturated carbocycles. The van der Waals surface area contributed by atoms with E-state index in [-0.39, 0.29) is 18.1 Å². The van der Waals surface area contributed by atoms with Gasteiger partial charge in [-0.15, -0.1) is 20.4 Å². The average molecular weight is 761 g/mol. The lowest BCUT2D eigenvalue weighted by Crippen LogP contribution is -2.47. The number of hydrogen-bond acceptors (Lipinski definition) is 7. The number of rotatable bonds is 14. The van der Waals surface area contributed by atoms with Crippen LogP contribution < -0.4 is 10.6 Å². The van der Waals surface area contributed by atoms with Crippen LogP contribution in [0, 0.1) is 13.8 Å². The Bertz CT molecular complexity index is 1740. The summed E-state index contributed by atoms with van der Waals surface area (Å²) in [6.07, 6.45) is 11.2. The lowest BCUT2D eigenvalue weighted by molar-refractivity contribution is 0.0991. The molecule has 0 spiro atoms. The molecule has 11 nitrogen and oxygen atoms in total. The number of fused-ring (bicyclic) bond motifs is 4. The van der Waals surface area contributed by atoms with Crippen molar-refractivity contribution in [2.75, 3.05) is 13.1 Å². The van der Waals surface area contributed by atoms with Crippen molar-refractivity contribution in [2.24, 2.45) is 0 Å². The molecule has 4 aliphatic rings. The van der Waals surface area contributed by atoms with Gasteiger partial charge in [0.15, 0.2) is 0 Å². The third kappa shape index (κ3) is 8.03. The van der Waals surface area contributed by atoms with Gasteiger partial charge in [0, 0.05) is 61.2 Å². The monoisotopic (exact) mass is 761 g/mol. The number of carbonyl (C=O) groups is 1. The molecule has 6 atom stereocenters. The summed E-state index contributed by atoms with van der Waals surface area (Å²) in [5, 5.41) is 25.0. The number of benzene rings is 2. The molecular formula is C45H64N10O. The molecule has 4 unspecified atom stereocenters. The van der Waals surface area contributed by atoms with E-state index < -0.39 is 0 Å². The van der Waals surface area contributed by atoms with Crippen LogP contribution in [0.25, 0.3) is 0 Å². The summed E-state index contributed by atoms with van der Waals surface area (Å²) < 4.78 is 4.87. The first-order chi connectivity index (χ1) is 27.1. The van der Waals surface area contributed by atoms with E-state index in [0.717, 1.165) is 86.0 Å². The smallest absolute Gasteiger partial charge is 0.315 e. The molecule has 4 aromatic rings. The molecule has 2 amide bonds. The molecule has 4 fully saturated rings. The van der Waals surface area contributed by atoms with E-state index in [0.29, 0.717) is 48.1 Å². The highest BCUT2D eigenvalue weighted by Gasteiger charge is 2.44. The van der Waals surface area contributed by atoms with Gasteiger partial charge in [-0.1, -0.05) is 88.4 Å². The lowest BCUT2D eigenvalue weighted by Gasteiger charge is -2.41. The zero-order chi connectivity index (χ0) is 38.9. The highest BCUT2D eigenvalue weighted by atomic mass is 16.2. The van der Waals surface area contributed by atoms with Crippen molar-refractivity contribution in [3.8, 4) is 0 Å². The van der Waals surface area contributed by atoms with Crippen LogP contribution in [-0.2, 0) is 0 Å². The van der Waals surface area contributed by atoms with Crippen molar-refractivity contribution in [1.82, 2.24) is 50.0 Å². The molecule has 56 heavy (non-hydrogen) atoms. The van der Waals surface area contributed by atoms with Gasteiger partial charge in [-0.05, 0) is 89.2 Å². The molecule has 2 aromatic heterocycles. The van der Waals surface area contributed by atoms with Gasteiger partial charge in [-0.2, -0.15) is 0 Å². The maximum atomic E-state index is 14.1. The van der Waals surface area contributed by atoms with Crippen molar-refractivity contribution in [3.63, 3.8) is 0 Å². The van der Waals surface area contributed by atoms with Crippen LogP contribution in [0.2, 0.25) is 0 Å².